The van der Waals surface area contributed by atoms with Crippen LogP contribution in [0.3, 0.4) is 0 Å². The standard InChI is InChI=1S/C25H28BrF2NO5S/c1-16(2)34-23(31)21-10-9-20(35-21)7-4-13-29-19(12-14-33-24(29)32)8-11-22(30)25(27,28)17-5-3-6-18(26)15-17/h3,5-6,8-11,15-16,19,22,30H,4,7,12-14H2,1-2H3/b11-8+/t19-,22+/m0/s1. The molecule has 0 radical (unpaired) electrons. The molecule has 35 heavy (non-hydrogen) atoms. The van der Waals surface area contributed by atoms with Crippen LogP contribution < -0.4 is 0 Å². The molecule has 6 nitrogen and oxygen atoms in total. The number of ether oxygens (including phenoxy) is 2. The topological polar surface area (TPSA) is 76.1 Å². The van der Waals surface area contributed by atoms with Gasteiger partial charge in [0.25, 0.3) is 0 Å². The van der Waals surface area contributed by atoms with Gasteiger partial charge in [-0.15, -0.1) is 11.3 Å². The summed E-state index contributed by atoms with van der Waals surface area (Å²) in [4.78, 5) is 27.3. The minimum absolute atomic E-state index is 0.175. The molecule has 1 fully saturated rings. The normalized spacial score (nSPS) is 17.6. The number of carbonyl (C=O) groups is 2. The van der Waals surface area contributed by atoms with Crippen LogP contribution in [-0.4, -0.2) is 53.5 Å². The second kappa shape index (κ2) is 12.1. The second-order valence-electron chi connectivity index (χ2n) is 8.45. The van der Waals surface area contributed by atoms with Gasteiger partial charge in [-0.1, -0.05) is 40.2 Å². The number of rotatable bonds is 10. The van der Waals surface area contributed by atoms with Gasteiger partial charge in [-0.05, 0) is 51.0 Å². The third-order valence-electron chi connectivity index (χ3n) is 5.40. The number of hydrogen-bond donors (Lipinski definition) is 1. The second-order valence-corrected chi connectivity index (χ2v) is 10.5. The zero-order chi connectivity index (χ0) is 25.6. The van der Waals surface area contributed by atoms with Crippen molar-refractivity contribution in [2.75, 3.05) is 13.2 Å². The first-order chi connectivity index (χ1) is 16.6. The van der Waals surface area contributed by atoms with Gasteiger partial charge in [-0.2, -0.15) is 8.78 Å². The number of esters is 1. The summed E-state index contributed by atoms with van der Waals surface area (Å²) in [6.45, 7) is 4.09. The number of thiophene rings is 1. The lowest BCUT2D eigenvalue weighted by molar-refractivity contribution is -0.0930. The highest BCUT2D eigenvalue weighted by Gasteiger charge is 2.39. The number of nitrogens with zero attached hydrogens (tertiary/aromatic N) is 1. The monoisotopic (exact) mass is 571 g/mol. The van der Waals surface area contributed by atoms with Gasteiger partial charge in [-0.3, -0.25) is 0 Å². The number of aryl methyl sites for hydroxylation is 1. The van der Waals surface area contributed by atoms with Crippen molar-refractivity contribution in [3.05, 3.63) is 68.3 Å². The number of alkyl halides is 2. The maximum atomic E-state index is 14.7. The summed E-state index contributed by atoms with van der Waals surface area (Å²) in [5, 5.41) is 10.2. The van der Waals surface area contributed by atoms with E-state index in [0.717, 1.165) is 11.0 Å². The van der Waals surface area contributed by atoms with Crippen molar-refractivity contribution in [2.24, 2.45) is 0 Å². The van der Waals surface area contributed by atoms with E-state index in [9.17, 15) is 23.5 Å². The molecule has 1 aliphatic rings. The summed E-state index contributed by atoms with van der Waals surface area (Å²) in [5.74, 6) is -3.85. The number of halogens is 3. The number of hydrogen-bond acceptors (Lipinski definition) is 6. The Balaban J connectivity index is 1.60. The smallest absolute Gasteiger partial charge is 0.410 e. The molecule has 1 aromatic carbocycles. The van der Waals surface area contributed by atoms with Crippen LogP contribution in [-0.2, 0) is 21.8 Å². The van der Waals surface area contributed by atoms with Gasteiger partial charge in [0.05, 0.1) is 18.8 Å². The molecule has 0 unspecified atom stereocenters. The molecule has 1 aliphatic heterocycles. The molecule has 190 valence electrons. The molecular weight excluding hydrogens is 544 g/mol. The van der Waals surface area contributed by atoms with Gasteiger partial charge in [0.2, 0.25) is 0 Å². The minimum Gasteiger partial charge on any atom is -0.459 e. The highest BCUT2D eigenvalue weighted by atomic mass is 79.9. The van der Waals surface area contributed by atoms with Gasteiger partial charge in [0, 0.05) is 27.9 Å². The molecule has 0 bridgehead atoms. The van der Waals surface area contributed by atoms with Crippen molar-refractivity contribution in [1.29, 1.82) is 0 Å². The SMILES string of the molecule is CC(C)OC(=O)c1ccc(CCCN2C(=O)OCC[C@@H]2/C=C/[C@@H](O)C(F)(F)c2cccc(Br)c2)s1. The van der Waals surface area contributed by atoms with E-state index in [1.54, 1.807) is 26.0 Å². The maximum absolute atomic E-state index is 14.7. The molecule has 0 spiro atoms. The summed E-state index contributed by atoms with van der Waals surface area (Å²) in [6.07, 6.45) is 1.38. The van der Waals surface area contributed by atoms with Crippen LogP contribution in [0.1, 0.15) is 46.8 Å². The number of amides is 1. The van der Waals surface area contributed by atoms with E-state index in [1.807, 2.05) is 6.07 Å². The Labute approximate surface area is 215 Å². The Morgan fingerprint density at radius 1 is 1.37 bits per heavy atom. The van der Waals surface area contributed by atoms with Crippen LogP contribution in [0.25, 0.3) is 0 Å². The summed E-state index contributed by atoms with van der Waals surface area (Å²) in [5.41, 5.74) is -0.309. The molecule has 1 N–H and O–H groups in total. The molecule has 3 rings (SSSR count). The number of cyclic esters (lactones) is 1. The van der Waals surface area contributed by atoms with Crippen LogP contribution in [0, 0.1) is 0 Å². The third-order valence-corrected chi connectivity index (χ3v) is 7.02. The maximum Gasteiger partial charge on any atom is 0.410 e. The predicted molar refractivity (Wildman–Crippen MR) is 133 cm³/mol. The highest BCUT2D eigenvalue weighted by molar-refractivity contribution is 9.10. The Hall–Kier alpha value is -2.30. The molecular formula is C25H28BrF2NO5S. The molecule has 1 amide bonds. The number of carbonyl (C=O) groups excluding carboxylic acids is 2. The van der Waals surface area contributed by atoms with Crippen molar-refractivity contribution in [1.82, 2.24) is 4.90 Å². The number of benzene rings is 1. The van der Waals surface area contributed by atoms with Crippen LogP contribution in [0.2, 0.25) is 0 Å². The first-order valence-electron chi connectivity index (χ1n) is 11.3. The molecule has 10 heteroatoms. The summed E-state index contributed by atoms with van der Waals surface area (Å²) >= 11 is 4.51. The average molecular weight is 572 g/mol. The summed E-state index contributed by atoms with van der Waals surface area (Å²) in [6, 6.07) is 8.73. The first kappa shape index (κ1) is 27.3. The van der Waals surface area contributed by atoms with Crippen molar-refractivity contribution >= 4 is 39.3 Å². The quantitative estimate of drug-likeness (QED) is 0.282. The van der Waals surface area contributed by atoms with E-state index in [-0.39, 0.29) is 24.2 Å². The minimum atomic E-state index is -3.49. The van der Waals surface area contributed by atoms with Crippen LogP contribution in [0.15, 0.2) is 53.0 Å². The van der Waals surface area contributed by atoms with Crippen molar-refractivity contribution < 1.29 is 33.0 Å². The zero-order valence-corrected chi connectivity index (χ0v) is 21.9. The number of aliphatic hydroxyl groups excluding tert-OH is 1. The van der Waals surface area contributed by atoms with Crippen molar-refractivity contribution in [3.8, 4) is 0 Å². The fourth-order valence-corrected chi connectivity index (χ4v) is 4.97. The third kappa shape index (κ3) is 7.35. The molecule has 0 saturated carbocycles. The van der Waals surface area contributed by atoms with E-state index in [1.165, 1.54) is 40.5 Å². The van der Waals surface area contributed by atoms with Gasteiger partial charge in [-0.25, -0.2) is 9.59 Å². The Bertz CT molecular complexity index is 1060. The molecule has 2 atom stereocenters. The molecule has 1 saturated heterocycles. The van der Waals surface area contributed by atoms with Gasteiger partial charge < -0.3 is 19.5 Å². The lowest BCUT2D eigenvalue weighted by atomic mass is 10.0. The summed E-state index contributed by atoms with van der Waals surface area (Å²) in [7, 11) is 0. The Morgan fingerprint density at radius 3 is 2.86 bits per heavy atom. The lowest BCUT2D eigenvalue weighted by Gasteiger charge is -2.33. The van der Waals surface area contributed by atoms with Crippen LogP contribution in [0.5, 0.6) is 0 Å². The first-order valence-corrected chi connectivity index (χ1v) is 12.9. The molecule has 1 aromatic heterocycles. The largest absolute Gasteiger partial charge is 0.459 e. The fraction of sp³-hybridized carbons (Fsp3) is 0.440. The highest BCUT2D eigenvalue weighted by Crippen LogP contribution is 2.34. The van der Waals surface area contributed by atoms with Crippen molar-refractivity contribution in [2.45, 2.75) is 57.3 Å². The van der Waals surface area contributed by atoms with E-state index in [2.05, 4.69) is 15.9 Å². The van der Waals surface area contributed by atoms with Gasteiger partial charge >= 0.3 is 18.0 Å². The van der Waals surface area contributed by atoms with E-state index in [0.29, 0.717) is 35.2 Å². The predicted octanol–water partition coefficient (Wildman–Crippen LogP) is 5.93. The Kier molecular flexibility index (Phi) is 9.43. The fourth-order valence-electron chi connectivity index (χ4n) is 3.64. The average Bonchev–Trinajstić information content (AvgIpc) is 3.27. The van der Waals surface area contributed by atoms with E-state index in [4.69, 9.17) is 9.47 Å². The van der Waals surface area contributed by atoms with Gasteiger partial charge in [0.1, 0.15) is 11.0 Å². The molecule has 2 aromatic rings. The molecule has 2 heterocycles. The van der Waals surface area contributed by atoms with Gasteiger partial charge in [0.15, 0.2) is 0 Å². The zero-order valence-electron chi connectivity index (χ0n) is 19.5. The van der Waals surface area contributed by atoms with E-state index >= 15 is 0 Å². The molecule has 0 aliphatic carbocycles. The Morgan fingerprint density at radius 2 is 2.14 bits per heavy atom. The summed E-state index contributed by atoms with van der Waals surface area (Å²) < 4.78 is 40.3. The van der Waals surface area contributed by atoms with Crippen LogP contribution in [0.4, 0.5) is 13.6 Å². The van der Waals surface area contributed by atoms with Crippen LogP contribution >= 0.6 is 27.3 Å². The van der Waals surface area contributed by atoms with E-state index < -0.39 is 24.2 Å². The lowest BCUT2D eigenvalue weighted by Crippen LogP contribution is -2.45. The number of aliphatic hydroxyl groups is 1. The van der Waals surface area contributed by atoms with Crippen molar-refractivity contribution in [3.63, 3.8) is 0 Å².